The van der Waals surface area contributed by atoms with Gasteiger partial charge in [-0.1, -0.05) is 60.7 Å². The van der Waals surface area contributed by atoms with E-state index in [9.17, 15) is 9.59 Å². The quantitative estimate of drug-likeness (QED) is 0.532. The summed E-state index contributed by atoms with van der Waals surface area (Å²) in [4.78, 5) is 30.6. The van der Waals surface area contributed by atoms with Gasteiger partial charge >= 0.3 is 6.03 Å². The fraction of sp³-hybridized carbons (Fsp3) is 0.286. The summed E-state index contributed by atoms with van der Waals surface area (Å²) < 4.78 is 10.9. The minimum atomic E-state index is -1.13. The first-order valence-corrected chi connectivity index (χ1v) is 11.7. The number of urea groups is 1. The van der Waals surface area contributed by atoms with Crippen LogP contribution in [0.2, 0.25) is 0 Å². The Morgan fingerprint density at radius 3 is 2.17 bits per heavy atom. The smallest absolute Gasteiger partial charge is 0.326 e. The molecular weight excluding hydrogens is 442 g/mol. The maximum atomic E-state index is 13.9. The van der Waals surface area contributed by atoms with Crippen LogP contribution >= 0.6 is 0 Å². The lowest BCUT2D eigenvalue weighted by Crippen LogP contribution is -2.47. The van der Waals surface area contributed by atoms with Gasteiger partial charge in [-0.05, 0) is 40.8 Å². The Kier molecular flexibility index (Phi) is 6.17. The molecule has 0 spiro atoms. The Morgan fingerprint density at radius 1 is 0.886 bits per heavy atom. The van der Waals surface area contributed by atoms with Crippen molar-refractivity contribution >= 4 is 11.9 Å². The number of imide groups is 1. The van der Waals surface area contributed by atoms with Crippen molar-refractivity contribution in [3.05, 3.63) is 95.1 Å². The molecule has 35 heavy (non-hydrogen) atoms. The van der Waals surface area contributed by atoms with E-state index in [2.05, 4.69) is 10.2 Å². The third-order valence-electron chi connectivity index (χ3n) is 6.89. The largest absolute Gasteiger partial charge is 0.493 e. The number of carbonyl (C=O) groups is 2. The molecule has 7 heteroatoms. The standard InChI is InChI=1S/C28H29N3O4/c1-34-24-15-21-13-14-30(18-22(21)16-25(24)35-2)19-31-26(32)28(29-27(31)33,23-11-7-4-8-12-23)17-20-9-5-3-6-10-20/h3-12,15-16H,13-14,17-19H2,1-2H3,(H,29,33). The molecule has 5 rings (SSSR count). The number of hydrogen-bond acceptors (Lipinski definition) is 5. The molecule has 0 aromatic heterocycles. The Labute approximate surface area is 205 Å². The van der Waals surface area contributed by atoms with Crippen molar-refractivity contribution in [1.29, 1.82) is 0 Å². The zero-order valence-electron chi connectivity index (χ0n) is 20.0. The molecule has 7 nitrogen and oxygen atoms in total. The van der Waals surface area contributed by atoms with Gasteiger partial charge in [0.25, 0.3) is 5.91 Å². The number of fused-ring (bicyclic) bond motifs is 1. The van der Waals surface area contributed by atoms with Gasteiger partial charge in [0.1, 0.15) is 0 Å². The Balaban J connectivity index is 1.41. The van der Waals surface area contributed by atoms with Gasteiger partial charge in [0, 0.05) is 19.5 Å². The highest BCUT2D eigenvalue weighted by atomic mass is 16.5. The second-order valence-electron chi connectivity index (χ2n) is 9.02. The van der Waals surface area contributed by atoms with Gasteiger partial charge in [-0.3, -0.25) is 9.69 Å². The molecule has 0 bridgehead atoms. The zero-order valence-corrected chi connectivity index (χ0v) is 20.0. The lowest BCUT2D eigenvalue weighted by molar-refractivity contribution is -0.133. The number of carbonyl (C=O) groups excluding carboxylic acids is 2. The molecule has 1 N–H and O–H groups in total. The highest BCUT2D eigenvalue weighted by Crippen LogP contribution is 2.35. The molecule has 1 saturated heterocycles. The molecule has 1 unspecified atom stereocenters. The lowest BCUT2D eigenvalue weighted by atomic mass is 9.83. The van der Waals surface area contributed by atoms with Gasteiger partial charge in [-0.15, -0.1) is 0 Å². The van der Waals surface area contributed by atoms with Crippen LogP contribution in [0.15, 0.2) is 72.8 Å². The van der Waals surface area contributed by atoms with E-state index in [1.807, 2.05) is 72.8 Å². The van der Waals surface area contributed by atoms with E-state index < -0.39 is 5.54 Å². The first-order chi connectivity index (χ1) is 17.0. The fourth-order valence-electron chi connectivity index (χ4n) is 5.06. The van der Waals surface area contributed by atoms with Gasteiger partial charge in [0.15, 0.2) is 17.0 Å². The van der Waals surface area contributed by atoms with Crippen molar-refractivity contribution in [3.63, 3.8) is 0 Å². The third-order valence-corrected chi connectivity index (χ3v) is 6.89. The van der Waals surface area contributed by atoms with Crippen molar-refractivity contribution in [2.24, 2.45) is 0 Å². The average Bonchev–Trinajstić information content (AvgIpc) is 3.13. The zero-order chi connectivity index (χ0) is 24.4. The lowest BCUT2D eigenvalue weighted by Gasteiger charge is -2.32. The van der Waals surface area contributed by atoms with E-state index in [0.29, 0.717) is 24.5 Å². The number of benzene rings is 3. The molecule has 2 aliphatic heterocycles. The van der Waals surface area contributed by atoms with Crippen LogP contribution < -0.4 is 14.8 Å². The molecule has 0 saturated carbocycles. The van der Waals surface area contributed by atoms with E-state index in [4.69, 9.17) is 9.47 Å². The van der Waals surface area contributed by atoms with Crippen LogP contribution in [0.3, 0.4) is 0 Å². The normalized spacial score (nSPS) is 19.9. The number of rotatable bonds is 7. The van der Waals surface area contributed by atoms with Crippen LogP contribution in [-0.4, -0.2) is 49.2 Å². The minimum absolute atomic E-state index is 0.224. The molecule has 0 radical (unpaired) electrons. The Morgan fingerprint density at radius 2 is 1.51 bits per heavy atom. The summed E-state index contributed by atoms with van der Waals surface area (Å²) >= 11 is 0. The van der Waals surface area contributed by atoms with E-state index in [-0.39, 0.29) is 18.6 Å². The molecule has 0 aliphatic carbocycles. The molecule has 1 atom stereocenters. The van der Waals surface area contributed by atoms with Gasteiger partial charge in [-0.2, -0.15) is 0 Å². The summed E-state index contributed by atoms with van der Waals surface area (Å²) in [6.45, 7) is 1.57. The van der Waals surface area contributed by atoms with E-state index >= 15 is 0 Å². The van der Waals surface area contributed by atoms with Crippen LogP contribution in [0.1, 0.15) is 22.3 Å². The summed E-state index contributed by atoms with van der Waals surface area (Å²) in [5.41, 5.74) is 2.94. The summed E-state index contributed by atoms with van der Waals surface area (Å²) in [6.07, 6.45) is 1.19. The molecule has 3 aromatic carbocycles. The predicted octanol–water partition coefficient (Wildman–Crippen LogP) is 3.71. The first-order valence-electron chi connectivity index (χ1n) is 11.7. The predicted molar refractivity (Wildman–Crippen MR) is 132 cm³/mol. The van der Waals surface area contributed by atoms with Crippen LogP contribution in [0, 0.1) is 0 Å². The summed E-state index contributed by atoms with van der Waals surface area (Å²) in [7, 11) is 3.25. The number of nitrogens with one attached hydrogen (secondary N) is 1. The third kappa shape index (κ3) is 4.23. The van der Waals surface area contributed by atoms with Crippen LogP contribution in [0.5, 0.6) is 11.5 Å². The Hall–Kier alpha value is -3.84. The number of hydrogen-bond donors (Lipinski definition) is 1. The van der Waals surface area contributed by atoms with E-state index in [0.717, 1.165) is 29.7 Å². The molecule has 2 aliphatic rings. The second kappa shape index (κ2) is 9.43. The molecule has 180 valence electrons. The highest BCUT2D eigenvalue weighted by molar-refractivity contribution is 6.07. The van der Waals surface area contributed by atoms with Crippen molar-refractivity contribution < 1.29 is 19.1 Å². The van der Waals surface area contributed by atoms with Gasteiger partial charge < -0.3 is 14.8 Å². The van der Waals surface area contributed by atoms with E-state index in [1.54, 1.807) is 14.2 Å². The van der Waals surface area contributed by atoms with Gasteiger partial charge in [0.2, 0.25) is 0 Å². The van der Waals surface area contributed by atoms with E-state index in [1.165, 1.54) is 10.5 Å². The maximum Gasteiger partial charge on any atom is 0.326 e. The monoisotopic (exact) mass is 471 g/mol. The SMILES string of the molecule is COc1cc2c(cc1OC)CN(CN1C(=O)NC(Cc3ccccc3)(c3ccccc3)C1=O)CC2. The van der Waals surface area contributed by atoms with Crippen molar-refractivity contribution in [2.45, 2.75) is 24.9 Å². The number of ether oxygens (including phenoxy) is 2. The summed E-state index contributed by atoms with van der Waals surface area (Å²) in [5, 5.41) is 3.05. The first kappa shape index (κ1) is 22.9. The molecular formula is C28H29N3O4. The molecule has 3 aromatic rings. The van der Waals surface area contributed by atoms with Crippen molar-refractivity contribution in [1.82, 2.24) is 15.1 Å². The minimum Gasteiger partial charge on any atom is -0.493 e. The summed E-state index contributed by atoms with van der Waals surface area (Å²) in [6, 6.07) is 22.9. The number of amides is 3. The van der Waals surface area contributed by atoms with Crippen LogP contribution in [0.25, 0.3) is 0 Å². The maximum absolute atomic E-state index is 13.9. The van der Waals surface area contributed by atoms with Crippen molar-refractivity contribution in [2.75, 3.05) is 27.4 Å². The average molecular weight is 472 g/mol. The molecule has 1 fully saturated rings. The fourth-order valence-corrected chi connectivity index (χ4v) is 5.06. The highest BCUT2D eigenvalue weighted by Gasteiger charge is 2.52. The summed E-state index contributed by atoms with van der Waals surface area (Å²) in [5.74, 6) is 1.16. The second-order valence-corrected chi connectivity index (χ2v) is 9.02. The molecule has 3 amide bonds. The number of methoxy groups -OCH3 is 2. The Bertz CT molecular complexity index is 1230. The van der Waals surface area contributed by atoms with Gasteiger partial charge in [0.05, 0.1) is 20.9 Å². The topological polar surface area (TPSA) is 71.1 Å². The number of nitrogens with zero attached hydrogens (tertiary/aromatic N) is 2. The van der Waals surface area contributed by atoms with Gasteiger partial charge in [-0.25, -0.2) is 9.69 Å². The van der Waals surface area contributed by atoms with Crippen LogP contribution in [0.4, 0.5) is 4.79 Å². The molecule has 2 heterocycles. The van der Waals surface area contributed by atoms with Crippen LogP contribution in [-0.2, 0) is 29.7 Å². The van der Waals surface area contributed by atoms with Crippen molar-refractivity contribution in [3.8, 4) is 11.5 Å².